The maximum Gasteiger partial charge on any atom is 0.339 e. The number of ether oxygens (including phenoxy) is 2. The minimum atomic E-state index is -0.423. The van der Waals surface area contributed by atoms with Crippen LogP contribution in [0.5, 0.6) is 11.5 Å². The molecule has 0 aliphatic heterocycles. The van der Waals surface area contributed by atoms with Crippen LogP contribution in [0.1, 0.15) is 17.5 Å². The largest absolute Gasteiger partial charge is 0.497 e. The third kappa shape index (κ3) is 5.13. The van der Waals surface area contributed by atoms with E-state index < -0.39 is 5.63 Å². The van der Waals surface area contributed by atoms with Crippen LogP contribution >= 0.6 is 11.6 Å². The van der Waals surface area contributed by atoms with Gasteiger partial charge in [-0.3, -0.25) is 4.79 Å². The van der Waals surface area contributed by atoms with Gasteiger partial charge in [-0.2, -0.15) is 0 Å². The summed E-state index contributed by atoms with van der Waals surface area (Å²) in [6.45, 7) is 2.64. The smallest absolute Gasteiger partial charge is 0.339 e. The highest BCUT2D eigenvalue weighted by Crippen LogP contribution is 2.24. The molecule has 2 aromatic carbocycles. The summed E-state index contributed by atoms with van der Waals surface area (Å²) in [7, 11) is 3.27. The molecule has 0 aliphatic carbocycles. The lowest BCUT2D eigenvalue weighted by atomic mass is 10.0. The molecule has 1 heterocycles. The fourth-order valence-corrected chi connectivity index (χ4v) is 3.38. The van der Waals surface area contributed by atoms with Crippen molar-refractivity contribution in [1.82, 2.24) is 4.90 Å². The number of hydrogen-bond donors (Lipinski definition) is 0. The number of nitrogens with zero attached hydrogens (tertiary/aromatic N) is 1. The first-order chi connectivity index (χ1) is 14.4. The number of likely N-dealkylation sites (N-methyl/N-ethyl adjacent to an activating group) is 1. The molecule has 0 bridgehead atoms. The highest BCUT2D eigenvalue weighted by atomic mass is 35.5. The zero-order chi connectivity index (χ0) is 21.7. The fraction of sp³-hybridized carbons (Fsp3) is 0.304. The molecule has 0 N–H and O–H groups in total. The van der Waals surface area contributed by atoms with Crippen LogP contribution in [0.25, 0.3) is 11.0 Å². The highest BCUT2D eigenvalue weighted by Gasteiger charge is 2.15. The Hall–Kier alpha value is -2.99. The molecular formula is C23H24ClNO5. The Labute approximate surface area is 180 Å². The Morgan fingerprint density at radius 1 is 1.17 bits per heavy atom. The zero-order valence-electron chi connectivity index (χ0n) is 17.2. The summed E-state index contributed by atoms with van der Waals surface area (Å²) < 4.78 is 16.2. The number of hydrogen-bond acceptors (Lipinski definition) is 5. The van der Waals surface area contributed by atoms with E-state index in [1.165, 1.54) is 0 Å². The lowest BCUT2D eigenvalue weighted by Crippen LogP contribution is -2.31. The van der Waals surface area contributed by atoms with E-state index in [-0.39, 0.29) is 12.3 Å². The van der Waals surface area contributed by atoms with E-state index in [1.54, 1.807) is 43.3 Å². The van der Waals surface area contributed by atoms with Gasteiger partial charge in [0, 0.05) is 35.5 Å². The highest BCUT2D eigenvalue weighted by molar-refractivity contribution is 6.30. The molecule has 0 fully saturated rings. The van der Waals surface area contributed by atoms with Crippen LogP contribution in [0, 0.1) is 6.92 Å². The van der Waals surface area contributed by atoms with E-state index >= 15 is 0 Å². The molecule has 0 saturated heterocycles. The first-order valence-electron chi connectivity index (χ1n) is 9.61. The quantitative estimate of drug-likeness (QED) is 0.501. The van der Waals surface area contributed by atoms with E-state index in [9.17, 15) is 9.59 Å². The minimum Gasteiger partial charge on any atom is -0.497 e. The van der Waals surface area contributed by atoms with Crippen LogP contribution in [0.4, 0.5) is 0 Å². The maximum absolute atomic E-state index is 12.5. The second-order valence-electron chi connectivity index (χ2n) is 6.98. The molecule has 3 rings (SSSR count). The molecule has 0 atom stereocenters. The van der Waals surface area contributed by atoms with Crippen LogP contribution in [0.3, 0.4) is 0 Å². The lowest BCUT2D eigenvalue weighted by molar-refractivity contribution is -0.130. The van der Waals surface area contributed by atoms with Crippen molar-refractivity contribution in [2.75, 3.05) is 27.3 Å². The Bertz CT molecular complexity index is 1110. The molecular weight excluding hydrogens is 406 g/mol. The predicted octanol–water partition coefficient (Wildman–Crippen LogP) is 4.23. The summed E-state index contributed by atoms with van der Waals surface area (Å²) in [5.41, 5.74) is 1.39. The van der Waals surface area contributed by atoms with Gasteiger partial charge in [0.1, 0.15) is 23.7 Å². The van der Waals surface area contributed by atoms with Crippen LogP contribution in [-0.2, 0) is 11.2 Å². The Kier molecular flexibility index (Phi) is 7.00. The second-order valence-corrected chi connectivity index (χ2v) is 7.41. The van der Waals surface area contributed by atoms with Crippen molar-refractivity contribution in [3.8, 4) is 11.5 Å². The Morgan fingerprint density at radius 2 is 1.97 bits per heavy atom. The molecule has 0 spiro atoms. The summed E-state index contributed by atoms with van der Waals surface area (Å²) in [4.78, 5) is 26.5. The predicted molar refractivity (Wildman–Crippen MR) is 117 cm³/mol. The maximum atomic E-state index is 12.5. The molecule has 7 heteroatoms. The van der Waals surface area contributed by atoms with Crippen molar-refractivity contribution in [3.63, 3.8) is 0 Å². The molecule has 0 aliphatic rings. The number of benzene rings is 2. The van der Waals surface area contributed by atoms with Crippen LogP contribution in [0.15, 0.2) is 51.7 Å². The second kappa shape index (κ2) is 9.67. The molecule has 158 valence electrons. The lowest BCUT2D eigenvalue weighted by Gasteiger charge is -2.18. The van der Waals surface area contributed by atoms with Crippen molar-refractivity contribution in [2.24, 2.45) is 0 Å². The summed E-state index contributed by atoms with van der Waals surface area (Å²) >= 11 is 5.93. The average Bonchev–Trinajstić information content (AvgIpc) is 2.72. The molecule has 6 nitrogen and oxygen atoms in total. The van der Waals surface area contributed by atoms with Gasteiger partial charge in [0.05, 0.1) is 13.7 Å². The molecule has 0 saturated carbocycles. The van der Waals surface area contributed by atoms with Crippen molar-refractivity contribution >= 4 is 28.5 Å². The Morgan fingerprint density at radius 3 is 2.70 bits per heavy atom. The van der Waals surface area contributed by atoms with Crippen LogP contribution in [0.2, 0.25) is 5.02 Å². The molecule has 0 unspecified atom stereocenters. The van der Waals surface area contributed by atoms with E-state index in [1.807, 2.05) is 25.1 Å². The minimum absolute atomic E-state index is 0.0710. The van der Waals surface area contributed by atoms with Crippen LogP contribution < -0.4 is 15.1 Å². The SMILES string of the molecule is COc1ccc2c(C)c(CCC(=O)N(C)CCOc3cccc(Cl)c3)c(=O)oc2c1. The number of fused-ring (bicyclic) bond motifs is 1. The molecule has 1 amide bonds. The van der Waals surface area contributed by atoms with E-state index in [2.05, 4.69) is 0 Å². The summed E-state index contributed by atoms with van der Waals surface area (Å²) in [6, 6.07) is 12.5. The van der Waals surface area contributed by atoms with Crippen molar-refractivity contribution in [3.05, 3.63) is 69.0 Å². The Balaban J connectivity index is 1.59. The van der Waals surface area contributed by atoms with Gasteiger partial charge >= 0.3 is 5.63 Å². The first-order valence-corrected chi connectivity index (χ1v) is 9.99. The van der Waals surface area contributed by atoms with E-state index in [4.69, 9.17) is 25.5 Å². The van der Waals surface area contributed by atoms with Gasteiger partial charge in [0.25, 0.3) is 0 Å². The van der Waals surface area contributed by atoms with Gasteiger partial charge in [0.2, 0.25) is 5.91 Å². The third-order valence-electron chi connectivity index (χ3n) is 5.00. The molecule has 3 aromatic rings. The summed E-state index contributed by atoms with van der Waals surface area (Å²) in [5, 5.41) is 1.43. The van der Waals surface area contributed by atoms with Gasteiger partial charge in [-0.05, 0) is 49.2 Å². The zero-order valence-corrected chi connectivity index (χ0v) is 18.0. The summed E-state index contributed by atoms with van der Waals surface area (Å²) in [5.74, 6) is 1.21. The topological polar surface area (TPSA) is 69.0 Å². The number of aryl methyl sites for hydroxylation is 1. The number of amides is 1. The van der Waals surface area contributed by atoms with Gasteiger partial charge in [0.15, 0.2) is 0 Å². The number of halogens is 1. The van der Waals surface area contributed by atoms with Gasteiger partial charge in [-0.25, -0.2) is 4.79 Å². The number of carbonyl (C=O) groups is 1. The molecule has 30 heavy (non-hydrogen) atoms. The average molecular weight is 430 g/mol. The summed E-state index contributed by atoms with van der Waals surface area (Å²) in [6.07, 6.45) is 0.523. The monoisotopic (exact) mass is 429 g/mol. The van der Waals surface area contributed by atoms with Crippen molar-refractivity contribution in [1.29, 1.82) is 0 Å². The number of rotatable bonds is 8. The number of carbonyl (C=O) groups excluding carboxylic acids is 1. The van der Waals surface area contributed by atoms with Crippen molar-refractivity contribution < 1.29 is 18.7 Å². The molecule has 0 radical (unpaired) electrons. The number of methoxy groups -OCH3 is 1. The molecule has 1 aromatic heterocycles. The first kappa shape index (κ1) is 21.7. The van der Waals surface area contributed by atoms with Gasteiger partial charge < -0.3 is 18.8 Å². The van der Waals surface area contributed by atoms with E-state index in [0.29, 0.717) is 47.2 Å². The van der Waals surface area contributed by atoms with Gasteiger partial charge in [-0.1, -0.05) is 17.7 Å². The van der Waals surface area contributed by atoms with Crippen molar-refractivity contribution in [2.45, 2.75) is 19.8 Å². The normalized spacial score (nSPS) is 10.8. The third-order valence-corrected chi connectivity index (χ3v) is 5.24. The fourth-order valence-electron chi connectivity index (χ4n) is 3.20. The van der Waals surface area contributed by atoms with Gasteiger partial charge in [-0.15, -0.1) is 0 Å². The van der Waals surface area contributed by atoms with Crippen LogP contribution in [-0.4, -0.2) is 38.1 Å². The van der Waals surface area contributed by atoms with E-state index in [0.717, 1.165) is 10.9 Å². The standard InChI is InChI=1S/C23H24ClNO5/c1-15-19-8-7-17(28-3)14-21(19)30-23(27)20(15)9-10-22(26)25(2)11-12-29-18-6-4-5-16(24)13-18/h4-8,13-14H,9-12H2,1-3H3.